The fourth-order valence-electron chi connectivity index (χ4n) is 3.16. The van der Waals surface area contributed by atoms with Crippen molar-refractivity contribution < 1.29 is 9.53 Å². The summed E-state index contributed by atoms with van der Waals surface area (Å²) in [5, 5.41) is 2.75. The molecule has 7 nitrogen and oxygen atoms in total. The van der Waals surface area contributed by atoms with Crippen LogP contribution in [0.25, 0.3) is 0 Å². The number of halogens is 1. The molecule has 4 N–H and O–H groups in total. The third-order valence-corrected chi connectivity index (χ3v) is 5.13. The lowest BCUT2D eigenvalue weighted by Gasteiger charge is -2.16. The van der Waals surface area contributed by atoms with Crippen molar-refractivity contribution in [3.05, 3.63) is 100 Å². The smallest absolute Gasteiger partial charge is 0.409 e. The molecule has 4 rings (SSSR count). The molecule has 0 aromatic heterocycles. The van der Waals surface area contributed by atoms with Crippen molar-refractivity contribution in [2.75, 3.05) is 0 Å². The number of hydrogen-bond donors (Lipinski definition) is 3. The highest BCUT2D eigenvalue weighted by atomic mass is 79.9. The average molecular weight is 478 g/mol. The van der Waals surface area contributed by atoms with Crippen LogP contribution in [-0.4, -0.2) is 23.8 Å². The predicted molar refractivity (Wildman–Crippen MR) is 124 cm³/mol. The Morgan fingerprint density at radius 3 is 2.45 bits per heavy atom. The lowest BCUT2D eigenvalue weighted by atomic mass is 10.0. The first-order chi connectivity index (χ1) is 15.1. The van der Waals surface area contributed by atoms with E-state index in [1.54, 1.807) is 0 Å². The molecule has 0 saturated heterocycles. The van der Waals surface area contributed by atoms with Gasteiger partial charge >= 0.3 is 6.09 Å². The zero-order valence-corrected chi connectivity index (χ0v) is 18.0. The van der Waals surface area contributed by atoms with Crippen LogP contribution in [0.1, 0.15) is 16.7 Å². The number of aliphatic imine (C=N–C) groups is 2. The quantitative estimate of drug-likeness (QED) is 0.389. The molecule has 1 unspecified atom stereocenters. The van der Waals surface area contributed by atoms with E-state index in [9.17, 15) is 4.79 Å². The normalized spacial score (nSPS) is 15.1. The number of alkyl carbamates (subject to hydrolysis) is 1. The second-order valence-electron chi connectivity index (χ2n) is 6.76. The van der Waals surface area contributed by atoms with E-state index in [1.807, 2.05) is 78.9 Å². The highest BCUT2D eigenvalue weighted by molar-refractivity contribution is 9.10. The number of ether oxygens (including phenoxy) is 1. The number of nitrogens with zero attached hydrogens (tertiary/aromatic N) is 2. The maximum absolute atomic E-state index is 12.5. The van der Waals surface area contributed by atoms with Crippen LogP contribution in [0.4, 0.5) is 10.5 Å². The van der Waals surface area contributed by atoms with Crippen molar-refractivity contribution in [1.82, 2.24) is 10.7 Å². The zero-order chi connectivity index (χ0) is 21.6. The number of hydrazine groups is 1. The number of carbonyl (C=O) groups excluding carboxylic acids is 1. The molecule has 156 valence electrons. The number of nitrogens with one attached hydrogen (secondary N) is 2. The van der Waals surface area contributed by atoms with E-state index in [-0.39, 0.29) is 6.61 Å². The number of amidine groups is 1. The summed E-state index contributed by atoms with van der Waals surface area (Å²) in [4.78, 5) is 21.9. The standard InChI is InChI=1S/C23H20BrN5O2/c24-17-11-12-18-19(13-17)26-22(29-25)21(27-20(18)16-9-5-2-6-10-16)28-23(30)31-14-15-7-3-1-4-8-15/h1-13,21H,14,25H2,(H,26,29)(H,28,30). The fraction of sp³-hybridized carbons (Fsp3) is 0.0870. The van der Waals surface area contributed by atoms with Gasteiger partial charge in [-0.25, -0.2) is 15.6 Å². The van der Waals surface area contributed by atoms with Crippen molar-refractivity contribution >= 4 is 39.3 Å². The lowest BCUT2D eigenvalue weighted by molar-refractivity contribution is 0.138. The van der Waals surface area contributed by atoms with Crippen LogP contribution in [0.3, 0.4) is 0 Å². The minimum atomic E-state index is -0.852. The van der Waals surface area contributed by atoms with Gasteiger partial charge in [0.1, 0.15) is 6.61 Å². The first-order valence-electron chi connectivity index (χ1n) is 9.59. The molecule has 0 saturated carbocycles. The third kappa shape index (κ3) is 4.99. The summed E-state index contributed by atoms with van der Waals surface area (Å²) >= 11 is 3.48. The molecule has 0 radical (unpaired) electrons. The highest BCUT2D eigenvalue weighted by Gasteiger charge is 2.25. The van der Waals surface area contributed by atoms with Crippen molar-refractivity contribution in [3.63, 3.8) is 0 Å². The van der Waals surface area contributed by atoms with Crippen LogP contribution in [0.2, 0.25) is 0 Å². The molecule has 8 heteroatoms. The van der Waals surface area contributed by atoms with Gasteiger partial charge in [0.25, 0.3) is 0 Å². The number of carbonyl (C=O) groups is 1. The summed E-state index contributed by atoms with van der Waals surface area (Å²) in [6.07, 6.45) is -1.48. The Labute approximate surface area is 188 Å². The van der Waals surface area contributed by atoms with E-state index in [2.05, 4.69) is 31.7 Å². The summed E-state index contributed by atoms with van der Waals surface area (Å²) in [5.74, 6) is 6.02. The lowest BCUT2D eigenvalue weighted by Crippen LogP contribution is -2.48. The van der Waals surface area contributed by atoms with Gasteiger partial charge in [0, 0.05) is 15.6 Å². The average Bonchev–Trinajstić information content (AvgIpc) is 2.95. The molecular weight excluding hydrogens is 458 g/mol. The van der Waals surface area contributed by atoms with E-state index in [4.69, 9.17) is 15.6 Å². The van der Waals surface area contributed by atoms with Gasteiger partial charge in [0.05, 0.1) is 11.4 Å². The maximum Gasteiger partial charge on any atom is 0.409 e. The van der Waals surface area contributed by atoms with Crippen molar-refractivity contribution in [1.29, 1.82) is 0 Å². The molecule has 0 spiro atoms. The number of hydrogen-bond acceptors (Lipinski definition) is 6. The Balaban J connectivity index is 1.65. The second-order valence-corrected chi connectivity index (χ2v) is 7.67. The van der Waals surface area contributed by atoms with Gasteiger partial charge in [-0.3, -0.25) is 10.3 Å². The van der Waals surface area contributed by atoms with Gasteiger partial charge in [-0.05, 0) is 23.8 Å². The minimum Gasteiger partial charge on any atom is -0.445 e. The predicted octanol–water partition coefficient (Wildman–Crippen LogP) is 4.05. The fourth-order valence-corrected chi connectivity index (χ4v) is 3.51. The molecule has 1 aliphatic rings. The van der Waals surface area contributed by atoms with Gasteiger partial charge in [-0.1, -0.05) is 76.6 Å². The summed E-state index contributed by atoms with van der Waals surface area (Å²) in [6.45, 7) is 0.143. The largest absolute Gasteiger partial charge is 0.445 e. The topological polar surface area (TPSA) is 101 Å². The molecule has 3 aromatic rings. The van der Waals surface area contributed by atoms with Gasteiger partial charge in [-0.15, -0.1) is 0 Å². The van der Waals surface area contributed by atoms with Gasteiger partial charge in [-0.2, -0.15) is 0 Å². The Bertz CT molecular complexity index is 1130. The highest BCUT2D eigenvalue weighted by Crippen LogP contribution is 2.29. The van der Waals surface area contributed by atoms with Gasteiger partial charge in [0.2, 0.25) is 0 Å². The summed E-state index contributed by atoms with van der Waals surface area (Å²) in [5.41, 5.74) is 6.52. The second kappa shape index (κ2) is 9.55. The zero-order valence-electron chi connectivity index (χ0n) is 16.5. The van der Waals surface area contributed by atoms with Crippen LogP contribution in [0.5, 0.6) is 0 Å². The third-order valence-electron chi connectivity index (χ3n) is 4.64. The Kier molecular flexibility index (Phi) is 6.40. The van der Waals surface area contributed by atoms with Crippen molar-refractivity contribution in [2.45, 2.75) is 12.8 Å². The number of benzene rings is 3. The van der Waals surface area contributed by atoms with E-state index >= 15 is 0 Å². The Hall–Kier alpha value is -3.49. The first kappa shape index (κ1) is 20.8. The molecule has 1 heterocycles. The summed E-state index contributed by atoms with van der Waals surface area (Å²) in [7, 11) is 0. The van der Waals surface area contributed by atoms with E-state index in [1.165, 1.54) is 0 Å². The summed E-state index contributed by atoms with van der Waals surface area (Å²) in [6, 6.07) is 24.9. The monoisotopic (exact) mass is 477 g/mol. The molecular formula is C23H20BrN5O2. The maximum atomic E-state index is 12.5. The molecule has 1 amide bonds. The molecule has 3 aromatic carbocycles. The molecule has 1 atom stereocenters. The van der Waals surface area contributed by atoms with Gasteiger partial charge < -0.3 is 10.2 Å². The van der Waals surface area contributed by atoms with E-state index in [0.717, 1.165) is 21.2 Å². The number of fused-ring (bicyclic) bond motifs is 1. The Morgan fingerprint density at radius 1 is 1.03 bits per heavy atom. The van der Waals surface area contributed by atoms with E-state index < -0.39 is 12.3 Å². The number of nitrogens with two attached hydrogens (primary N) is 1. The SMILES string of the molecule is NNC1=Nc2cc(Br)ccc2C(c2ccccc2)=NC1NC(=O)OCc1ccccc1. The number of rotatable bonds is 4. The van der Waals surface area contributed by atoms with Crippen molar-refractivity contribution in [2.24, 2.45) is 15.8 Å². The minimum absolute atomic E-state index is 0.143. The van der Waals surface area contributed by atoms with Crippen LogP contribution in [0.15, 0.2) is 93.3 Å². The molecule has 0 bridgehead atoms. The molecule has 1 aliphatic heterocycles. The van der Waals surface area contributed by atoms with Crippen LogP contribution in [-0.2, 0) is 11.3 Å². The number of amides is 1. The molecule has 31 heavy (non-hydrogen) atoms. The molecule has 0 aliphatic carbocycles. The Morgan fingerprint density at radius 2 is 1.74 bits per heavy atom. The van der Waals surface area contributed by atoms with Crippen molar-refractivity contribution in [3.8, 4) is 0 Å². The van der Waals surface area contributed by atoms with E-state index in [0.29, 0.717) is 17.2 Å². The summed E-state index contributed by atoms with van der Waals surface area (Å²) < 4.78 is 6.22. The first-order valence-corrected chi connectivity index (χ1v) is 10.4. The van der Waals surface area contributed by atoms with Crippen LogP contribution >= 0.6 is 15.9 Å². The molecule has 0 fully saturated rings. The van der Waals surface area contributed by atoms with Crippen LogP contribution < -0.4 is 16.6 Å². The van der Waals surface area contributed by atoms with Crippen LogP contribution in [0, 0.1) is 0 Å². The van der Waals surface area contributed by atoms with Gasteiger partial charge in [0.15, 0.2) is 12.0 Å².